The van der Waals surface area contributed by atoms with Crippen LogP contribution in [0.15, 0.2) is 24.5 Å². The molecular weight excluding hydrogens is 681 g/mol. The second-order valence-corrected chi connectivity index (χ2v) is 18.4. The van der Waals surface area contributed by atoms with Crippen LogP contribution in [-0.2, 0) is 47.8 Å². The molecule has 5 atom stereocenters. The van der Waals surface area contributed by atoms with Crippen LogP contribution in [0.2, 0.25) is 0 Å². The van der Waals surface area contributed by atoms with Gasteiger partial charge in [-0.15, -0.1) is 0 Å². The number of amides is 1. The van der Waals surface area contributed by atoms with E-state index >= 15 is 0 Å². The zero-order chi connectivity index (χ0) is 39.3. The van der Waals surface area contributed by atoms with Gasteiger partial charge in [-0.1, -0.05) is 26.0 Å². The first-order valence-electron chi connectivity index (χ1n) is 18.5. The predicted octanol–water partition coefficient (Wildman–Crippen LogP) is 7.05. The smallest absolute Gasteiger partial charge is 0.456 e. The van der Waals surface area contributed by atoms with Crippen molar-refractivity contribution in [1.29, 1.82) is 0 Å². The van der Waals surface area contributed by atoms with Crippen molar-refractivity contribution >= 4 is 25.3 Å². The van der Waals surface area contributed by atoms with E-state index in [9.17, 15) is 14.4 Å². The molecule has 3 saturated carbocycles. The molecule has 14 heteroatoms. The lowest BCUT2D eigenvalue weighted by Gasteiger charge is -2.64. The molecular formula is C39H58BN3O10. The first-order chi connectivity index (χ1) is 24.4. The van der Waals surface area contributed by atoms with Gasteiger partial charge in [0, 0.05) is 31.8 Å². The van der Waals surface area contributed by atoms with Crippen molar-refractivity contribution < 1.29 is 47.4 Å². The molecule has 1 unspecified atom stereocenters. The Balaban J connectivity index is 1.47. The van der Waals surface area contributed by atoms with Gasteiger partial charge in [-0.05, 0) is 110 Å². The Morgan fingerprint density at radius 1 is 0.962 bits per heavy atom. The van der Waals surface area contributed by atoms with Crippen LogP contribution in [0.1, 0.15) is 123 Å². The van der Waals surface area contributed by atoms with E-state index in [-0.39, 0.29) is 42.3 Å². The molecule has 1 saturated heterocycles. The summed E-state index contributed by atoms with van der Waals surface area (Å²) in [6.07, 6.45) is 4.01. The SMILES string of the molecule is CO[C@@H](Cc1ccc(Cn2cc(CNC(=O)OC(C)(C)C)cn2)c(C(=O)OC(C)(C)C)c1OC(=O)OC(C)(C)C)B1OC2C[C@H]3C[C@H](C3(C)C)[C@@]2(C)O1. The fourth-order valence-corrected chi connectivity index (χ4v) is 7.79. The normalized spacial score (nSPS) is 24.1. The number of carbonyl (C=O) groups is 3. The summed E-state index contributed by atoms with van der Waals surface area (Å²) in [4.78, 5) is 39.6. The summed E-state index contributed by atoms with van der Waals surface area (Å²) < 4.78 is 43.7. The molecule has 2 aromatic rings. The third-order valence-electron chi connectivity index (χ3n) is 10.4. The molecule has 1 aromatic carbocycles. The highest BCUT2D eigenvalue weighted by Gasteiger charge is 2.68. The molecule has 4 aliphatic rings. The third-order valence-corrected chi connectivity index (χ3v) is 10.4. The highest BCUT2D eigenvalue weighted by Crippen LogP contribution is 2.65. The first-order valence-corrected chi connectivity index (χ1v) is 18.5. The summed E-state index contributed by atoms with van der Waals surface area (Å²) in [5, 5.41) is 7.19. The van der Waals surface area contributed by atoms with Crippen LogP contribution in [0.4, 0.5) is 9.59 Å². The van der Waals surface area contributed by atoms with Gasteiger partial charge in [-0.2, -0.15) is 5.10 Å². The van der Waals surface area contributed by atoms with Crippen molar-refractivity contribution in [2.45, 2.75) is 150 Å². The molecule has 0 spiro atoms. The largest absolute Gasteiger partial charge is 0.514 e. The molecule has 2 bridgehead atoms. The molecule has 53 heavy (non-hydrogen) atoms. The van der Waals surface area contributed by atoms with E-state index in [0.29, 0.717) is 28.5 Å². The van der Waals surface area contributed by atoms with E-state index in [1.165, 1.54) is 0 Å². The monoisotopic (exact) mass is 739 g/mol. The molecule has 292 valence electrons. The molecule has 1 N–H and O–H groups in total. The van der Waals surface area contributed by atoms with Crippen molar-refractivity contribution in [2.24, 2.45) is 17.3 Å². The van der Waals surface area contributed by atoms with Crippen LogP contribution in [0.3, 0.4) is 0 Å². The summed E-state index contributed by atoms with van der Waals surface area (Å²) in [6, 6.07) is 2.99. The molecule has 1 amide bonds. The van der Waals surface area contributed by atoms with Gasteiger partial charge >= 0.3 is 25.3 Å². The molecule has 1 aromatic heterocycles. The number of alkyl carbamates (subject to hydrolysis) is 1. The van der Waals surface area contributed by atoms with Crippen LogP contribution in [-0.4, -0.2) is 76.7 Å². The van der Waals surface area contributed by atoms with Gasteiger partial charge in [0.1, 0.15) is 22.4 Å². The van der Waals surface area contributed by atoms with Crippen molar-refractivity contribution in [3.63, 3.8) is 0 Å². The molecule has 4 fully saturated rings. The summed E-state index contributed by atoms with van der Waals surface area (Å²) in [5.41, 5.74) is -0.877. The van der Waals surface area contributed by atoms with E-state index in [4.69, 9.17) is 33.0 Å². The summed E-state index contributed by atoms with van der Waals surface area (Å²) in [7, 11) is 0.914. The number of hydrogen-bond acceptors (Lipinski definition) is 11. The van der Waals surface area contributed by atoms with Crippen LogP contribution in [0.5, 0.6) is 5.75 Å². The lowest BCUT2D eigenvalue weighted by molar-refractivity contribution is -0.199. The molecule has 0 radical (unpaired) electrons. The Morgan fingerprint density at radius 2 is 1.60 bits per heavy atom. The Bertz CT molecular complexity index is 1690. The van der Waals surface area contributed by atoms with Gasteiger partial charge in [0.25, 0.3) is 0 Å². The predicted molar refractivity (Wildman–Crippen MR) is 197 cm³/mol. The minimum Gasteiger partial charge on any atom is -0.456 e. The number of hydrogen-bond donors (Lipinski definition) is 1. The van der Waals surface area contributed by atoms with Crippen LogP contribution in [0.25, 0.3) is 0 Å². The zero-order valence-corrected chi connectivity index (χ0v) is 33.7. The van der Waals surface area contributed by atoms with Crippen LogP contribution in [0, 0.1) is 17.3 Å². The summed E-state index contributed by atoms with van der Waals surface area (Å²) in [6.45, 7) is 22.9. The van der Waals surface area contributed by atoms with Crippen LogP contribution >= 0.6 is 0 Å². The zero-order valence-electron chi connectivity index (χ0n) is 33.7. The summed E-state index contributed by atoms with van der Waals surface area (Å²) >= 11 is 0. The maximum absolute atomic E-state index is 14.1. The Labute approximate surface area is 314 Å². The fourth-order valence-electron chi connectivity index (χ4n) is 7.79. The number of rotatable bonds is 10. The maximum Gasteiger partial charge on any atom is 0.514 e. The van der Waals surface area contributed by atoms with E-state index in [0.717, 1.165) is 12.8 Å². The van der Waals surface area contributed by atoms with E-state index < -0.39 is 53.7 Å². The minimum absolute atomic E-state index is 0.00274. The minimum atomic E-state index is -0.974. The highest BCUT2D eigenvalue weighted by molar-refractivity contribution is 6.47. The lowest BCUT2D eigenvalue weighted by Crippen LogP contribution is -2.65. The second kappa shape index (κ2) is 14.6. The lowest BCUT2D eigenvalue weighted by atomic mass is 9.43. The molecule has 1 aliphatic heterocycles. The average Bonchev–Trinajstić information content (AvgIpc) is 3.60. The summed E-state index contributed by atoms with van der Waals surface area (Å²) in [5.74, 6) is 0.256. The van der Waals surface area contributed by atoms with E-state index in [1.54, 1.807) is 98.6 Å². The standard InChI is InChI=1S/C39H58BN3O10/c1-35(2,3)49-32(44)30-25(22-43-21-23(20-42-43)19-41-33(45)50-36(4,5)6)15-14-24(31(30)48-34(46)51-37(7,8)9)16-29(47-13)40-52-28-18-26-17-27(38(26,10)11)39(28,12)53-40/h14-15,20-21,26-29H,16-19,22H2,1-13H3,(H,41,45)/t26-,27-,28?,29+,39-/m1/s1. The van der Waals surface area contributed by atoms with Gasteiger partial charge < -0.3 is 38.3 Å². The number of benzene rings is 1. The van der Waals surface area contributed by atoms with Gasteiger partial charge in [-0.3, -0.25) is 4.68 Å². The third kappa shape index (κ3) is 9.37. The number of carbonyl (C=O) groups excluding carboxylic acids is 3. The quantitative estimate of drug-likeness (QED) is 0.116. The van der Waals surface area contributed by atoms with Crippen LogP contribution < -0.4 is 10.1 Å². The number of methoxy groups -OCH3 is 1. The van der Waals surface area contributed by atoms with Gasteiger partial charge in [0.05, 0.1) is 30.4 Å². The van der Waals surface area contributed by atoms with Gasteiger partial charge in [-0.25, -0.2) is 14.4 Å². The van der Waals surface area contributed by atoms with Crippen molar-refractivity contribution in [2.75, 3.05) is 7.11 Å². The fraction of sp³-hybridized carbons (Fsp3) is 0.692. The van der Waals surface area contributed by atoms with Crippen molar-refractivity contribution in [3.8, 4) is 5.75 Å². The molecule has 13 nitrogen and oxygen atoms in total. The number of esters is 1. The molecule has 6 rings (SSSR count). The van der Waals surface area contributed by atoms with Crippen molar-refractivity contribution in [3.05, 3.63) is 46.8 Å². The number of ether oxygens (including phenoxy) is 5. The van der Waals surface area contributed by atoms with E-state index in [1.807, 2.05) is 0 Å². The van der Waals surface area contributed by atoms with Gasteiger partial charge in [0.15, 0.2) is 5.75 Å². The molecule has 2 heterocycles. The topological polar surface area (TPSA) is 146 Å². The maximum atomic E-state index is 14.1. The number of aromatic nitrogens is 2. The highest BCUT2D eigenvalue weighted by atomic mass is 16.7. The van der Waals surface area contributed by atoms with Crippen molar-refractivity contribution in [1.82, 2.24) is 15.1 Å². The first kappa shape index (κ1) is 40.6. The Hall–Kier alpha value is -3.62. The Kier molecular flexibility index (Phi) is 11.1. The second-order valence-electron chi connectivity index (χ2n) is 18.4. The average molecular weight is 740 g/mol. The number of nitrogens with one attached hydrogen (secondary N) is 1. The van der Waals surface area contributed by atoms with Gasteiger partial charge in [0.2, 0.25) is 0 Å². The van der Waals surface area contributed by atoms with E-state index in [2.05, 4.69) is 31.2 Å². The Morgan fingerprint density at radius 3 is 2.21 bits per heavy atom. The number of nitrogens with zero attached hydrogens (tertiary/aromatic N) is 2. The molecule has 3 aliphatic carbocycles.